The minimum atomic E-state index is -4.50. The Morgan fingerprint density at radius 2 is 2.00 bits per heavy atom. The lowest BCUT2D eigenvalue weighted by atomic mass is 9.88. The Morgan fingerprint density at radius 1 is 1.19 bits per heavy atom. The minimum Gasteiger partial charge on any atom is -0.356 e. The van der Waals surface area contributed by atoms with E-state index >= 15 is 0 Å². The van der Waals surface area contributed by atoms with Crippen LogP contribution in [-0.2, 0) is 17.5 Å². The quantitative estimate of drug-likeness (QED) is 0.768. The van der Waals surface area contributed by atoms with Gasteiger partial charge < -0.3 is 10.6 Å². The fourth-order valence-corrected chi connectivity index (χ4v) is 4.43. The normalized spacial score (nSPS) is 21.9. The second kappa shape index (κ2) is 8.34. The van der Waals surface area contributed by atoms with Crippen molar-refractivity contribution in [2.45, 2.75) is 44.4 Å². The Bertz CT molecular complexity index is 1010. The number of nitrogens with one attached hydrogen (secondary N) is 2. The van der Waals surface area contributed by atoms with E-state index in [4.69, 9.17) is 0 Å². The standard InChI is InChI=1S/C23H24F3N3O2/c1-14-12-29(19-7-8-27-21(30)11-19)13-16-10-18(5-6-20(14)16)28-22(31)15-3-2-4-17(9-15)23(24,25)26/h2-6,9-10,14,19H,7-8,11-13H2,1H3,(H,27,30)(H,28,31)/t14-,19?/m0/s1. The van der Waals surface area contributed by atoms with Gasteiger partial charge in [-0.3, -0.25) is 14.5 Å². The third kappa shape index (κ3) is 4.74. The van der Waals surface area contributed by atoms with Gasteiger partial charge in [0.1, 0.15) is 0 Å². The topological polar surface area (TPSA) is 61.4 Å². The van der Waals surface area contributed by atoms with E-state index in [1.165, 1.54) is 17.7 Å². The SMILES string of the molecule is C[C@H]1CN(C2CCNC(=O)C2)Cc2cc(NC(=O)c3cccc(C(F)(F)F)c3)ccc21. The van der Waals surface area contributed by atoms with Crippen LogP contribution in [0.2, 0.25) is 0 Å². The highest BCUT2D eigenvalue weighted by molar-refractivity contribution is 6.04. The summed E-state index contributed by atoms with van der Waals surface area (Å²) in [6.07, 6.45) is -3.12. The number of carbonyl (C=O) groups excluding carboxylic acids is 2. The molecule has 5 nitrogen and oxygen atoms in total. The molecule has 2 aliphatic rings. The molecule has 1 fully saturated rings. The van der Waals surface area contributed by atoms with Crippen LogP contribution in [0.5, 0.6) is 0 Å². The molecule has 164 valence electrons. The third-order valence-electron chi connectivity index (χ3n) is 6.00. The van der Waals surface area contributed by atoms with E-state index in [0.29, 0.717) is 25.2 Å². The van der Waals surface area contributed by atoms with Gasteiger partial charge in [-0.05, 0) is 53.8 Å². The molecule has 0 bridgehead atoms. The van der Waals surface area contributed by atoms with Crippen molar-refractivity contribution in [3.8, 4) is 0 Å². The van der Waals surface area contributed by atoms with Crippen LogP contribution < -0.4 is 10.6 Å². The number of hydrogen-bond acceptors (Lipinski definition) is 3. The van der Waals surface area contributed by atoms with Gasteiger partial charge >= 0.3 is 6.18 Å². The van der Waals surface area contributed by atoms with E-state index in [1.54, 1.807) is 6.07 Å². The molecule has 2 aromatic rings. The molecular formula is C23H24F3N3O2. The minimum absolute atomic E-state index is 0.0456. The summed E-state index contributed by atoms with van der Waals surface area (Å²) in [5, 5.41) is 5.57. The Hall–Kier alpha value is -2.87. The van der Waals surface area contributed by atoms with Crippen LogP contribution in [0.15, 0.2) is 42.5 Å². The Labute approximate surface area is 178 Å². The van der Waals surface area contributed by atoms with Crippen LogP contribution in [0.4, 0.5) is 18.9 Å². The molecule has 2 amide bonds. The van der Waals surface area contributed by atoms with Crippen LogP contribution in [0.3, 0.4) is 0 Å². The van der Waals surface area contributed by atoms with Crippen LogP contribution in [0, 0.1) is 0 Å². The monoisotopic (exact) mass is 431 g/mol. The first kappa shape index (κ1) is 21.4. The number of halogens is 3. The lowest BCUT2D eigenvalue weighted by molar-refractivity contribution is -0.137. The summed E-state index contributed by atoms with van der Waals surface area (Å²) >= 11 is 0. The molecule has 0 aromatic heterocycles. The lowest BCUT2D eigenvalue weighted by Crippen LogP contribution is -2.47. The maximum Gasteiger partial charge on any atom is 0.416 e. The van der Waals surface area contributed by atoms with Gasteiger partial charge in [0.2, 0.25) is 5.91 Å². The number of anilines is 1. The molecule has 1 saturated heterocycles. The number of hydrogen-bond donors (Lipinski definition) is 2. The molecule has 0 spiro atoms. The number of alkyl halides is 3. The highest BCUT2D eigenvalue weighted by Gasteiger charge is 2.32. The summed E-state index contributed by atoms with van der Waals surface area (Å²) in [4.78, 5) is 26.6. The van der Waals surface area contributed by atoms with E-state index < -0.39 is 17.6 Å². The van der Waals surface area contributed by atoms with E-state index in [9.17, 15) is 22.8 Å². The summed E-state index contributed by atoms with van der Waals surface area (Å²) in [6, 6.07) is 10.2. The van der Waals surface area contributed by atoms with Gasteiger partial charge in [0.15, 0.2) is 0 Å². The molecule has 2 aromatic carbocycles. The Balaban J connectivity index is 1.51. The van der Waals surface area contributed by atoms with Crippen LogP contribution in [0.25, 0.3) is 0 Å². The van der Waals surface area contributed by atoms with Crippen molar-refractivity contribution < 1.29 is 22.8 Å². The molecule has 31 heavy (non-hydrogen) atoms. The molecule has 2 aliphatic heterocycles. The number of benzene rings is 2. The predicted octanol–water partition coefficient (Wildman–Crippen LogP) is 4.16. The van der Waals surface area contributed by atoms with E-state index in [2.05, 4.69) is 22.5 Å². The first-order valence-corrected chi connectivity index (χ1v) is 10.3. The van der Waals surface area contributed by atoms with Gasteiger partial charge in [0.25, 0.3) is 5.91 Å². The van der Waals surface area contributed by atoms with Gasteiger partial charge in [-0.2, -0.15) is 13.2 Å². The highest BCUT2D eigenvalue weighted by Crippen LogP contribution is 2.33. The van der Waals surface area contributed by atoms with Gasteiger partial charge in [-0.15, -0.1) is 0 Å². The van der Waals surface area contributed by atoms with Crippen LogP contribution in [0.1, 0.15) is 52.7 Å². The first-order valence-electron chi connectivity index (χ1n) is 10.3. The molecule has 1 unspecified atom stereocenters. The maximum atomic E-state index is 12.9. The molecule has 0 radical (unpaired) electrons. The molecule has 2 heterocycles. The van der Waals surface area contributed by atoms with Gasteiger partial charge in [0, 0.05) is 43.3 Å². The van der Waals surface area contributed by atoms with E-state index in [-0.39, 0.29) is 23.4 Å². The van der Waals surface area contributed by atoms with Crippen molar-refractivity contribution in [3.05, 3.63) is 64.7 Å². The van der Waals surface area contributed by atoms with Crippen molar-refractivity contribution in [2.24, 2.45) is 0 Å². The molecule has 2 atom stereocenters. The van der Waals surface area contributed by atoms with Crippen LogP contribution in [-0.4, -0.2) is 35.8 Å². The number of fused-ring (bicyclic) bond motifs is 1. The molecule has 0 saturated carbocycles. The number of nitrogens with zero attached hydrogens (tertiary/aromatic N) is 1. The fourth-order valence-electron chi connectivity index (χ4n) is 4.43. The first-order chi connectivity index (χ1) is 14.7. The van der Waals surface area contributed by atoms with Crippen LogP contribution >= 0.6 is 0 Å². The highest BCUT2D eigenvalue weighted by atomic mass is 19.4. The average Bonchev–Trinajstić information content (AvgIpc) is 2.73. The van der Waals surface area contributed by atoms with Crippen molar-refractivity contribution >= 4 is 17.5 Å². The largest absolute Gasteiger partial charge is 0.416 e. The Kier molecular flexibility index (Phi) is 5.75. The van der Waals surface area contributed by atoms with E-state index in [0.717, 1.165) is 30.7 Å². The smallest absolute Gasteiger partial charge is 0.356 e. The third-order valence-corrected chi connectivity index (χ3v) is 6.00. The summed E-state index contributed by atoms with van der Waals surface area (Å²) in [5.41, 5.74) is 1.89. The molecule has 8 heteroatoms. The zero-order valence-electron chi connectivity index (χ0n) is 17.1. The number of amides is 2. The molecule has 0 aliphatic carbocycles. The number of piperidine rings is 1. The molecular weight excluding hydrogens is 407 g/mol. The number of carbonyl (C=O) groups is 2. The zero-order valence-corrected chi connectivity index (χ0v) is 17.1. The van der Waals surface area contributed by atoms with Gasteiger partial charge in [-0.1, -0.05) is 19.1 Å². The van der Waals surface area contributed by atoms with E-state index in [1.807, 2.05) is 12.1 Å². The summed E-state index contributed by atoms with van der Waals surface area (Å²) in [7, 11) is 0. The predicted molar refractivity (Wildman–Crippen MR) is 111 cm³/mol. The summed E-state index contributed by atoms with van der Waals surface area (Å²) in [6.45, 7) is 4.34. The van der Waals surface area contributed by atoms with Gasteiger partial charge in [-0.25, -0.2) is 0 Å². The average molecular weight is 431 g/mol. The van der Waals surface area contributed by atoms with Crippen molar-refractivity contribution in [2.75, 3.05) is 18.4 Å². The maximum absolute atomic E-state index is 12.9. The summed E-state index contributed by atoms with van der Waals surface area (Å²) < 4.78 is 38.8. The lowest BCUT2D eigenvalue weighted by Gasteiger charge is -2.40. The summed E-state index contributed by atoms with van der Waals surface area (Å²) in [5.74, 6) is -0.241. The second-order valence-electron chi connectivity index (χ2n) is 8.27. The van der Waals surface area contributed by atoms with Crippen molar-refractivity contribution in [1.82, 2.24) is 10.2 Å². The Morgan fingerprint density at radius 3 is 2.74 bits per heavy atom. The number of rotatable bonds is 3. The van der Waals surface area contributed by atoms with Crippen molar-refractivity contribution in [3.63, 3.8) is 0 Å². The fraction of sp³-hybridized carbons (Fsp3) is 0.391. The molecule has 4 rings (SSSR count). The van der Waals surface area contributed by atoms with Gasteiger partial charge in [0.05, 0.1) is 5.56 Å². The zero-order chi connectivity index (χ0) is 22.2. The van der Waals surface area contributed by atoms with Crippen molar-refractivity contribution in [1.29, 1.82) is 0 Å². The molecule has 2 N–H and O–H groups in total. The second-order valence-corrected chi connectivity index (χ2v) is 8.27.